The molecule has 0 saturated carbocycles. The Hall–Kier alpha value is -2.35. The highest BCUT2D eigenvalue weighted by Gasteiger charge is 2.19. The molecule has 2 aromatic carbocycles. The molecule has 1 N–H and O–H groups in total. The second kappa shape index (κ2) is 5.45. The zero-order chi connectivity index (χ0) is 14.9. The molecule has 0 fully saturated rings. The van der Waals surface area contributed by atoms with Crippen molar-refractivity contribution in [2.75, 3.05) is 5.32 Å². The Kier molecular flexibility index (Phi) is 3.30. The van der Waals surface area contributed by atoms with E-state index in [9.17, 15) is 4.79 Å². The summed E-state index contributed by atoms with van der Waals surface area (Å²) in [4.78, 5) is 12.2. The molecule has 2 aromatic rings. The molecule has 2 nitrogen and oxygen atoms in total. The Balaban J connectivity index is 1.53. The lowest BCUT2D eigenvalue weighted by molar-refractivity contribution is -0.116. The first-order chi connectivity index (χ1) is 10.8. The molecule has 2 heteroatoms. The van der Waals surface area contributed by atoms with Gasteiger partial charge in [-0.1, -0.05) is 42.5 Å². The predicted molar refractivity (Wildman–Crippen MR) is 89.8 cm³/mol. The average Bonchev–Trinajstić information content (AvgIpc) is 3.14. The third-order valence-electron chi connectivity index (χ3n) is 4.64. The van der Waals surface area contributed by atoms with E-state index in [1.807, 2.05) is 6.07 Å². The SMILES string of the molecule is O=C(CC1C=CCC1)Nc1ccc2c(c1)-c1ccccc1C2. The molecule has 2 aliphatic rings. The molecule has 0 radical (unpaired) electrons. The van der Waals surface area contributed by atoms with E-state index in [4.69, 9.17) is 0 Å². The molecule has 0 aromatic heterocycles. The number of amides is 1. The standard InChI is InChI=1S/C20H19NO/c22-20(11-14-5-1-2-6-14)21-17-10-9-16-12-15-7-3-4-8-18(15)19(16)13-17/h1,3-5,7-10,13-14H,2,6,11-12H2,(H,21,22). The minimum atomic E-state index is 0.114. The summed E-state index contributed by atoms with van der Waals surface area (Å²) >= 11 is 0. The quantitative estimate of drug-likeness (QED) is 0.704. The molecule has 0 heterocycles. The van der Waals surface area contributed by atoms with Gasteiger partial charge in [-0.3, -0.25) is 4.79 Å². The first-order valence-corrected chi connectivity index (χ1v) is 7.97. The lowest BCUT2D eigenvalue weighted by Gasteiger charge is -2.10. The highest BCUT2D eigenvalue weighted by molar-refractivity contribution is 5.92. The summed E-state index contributed by atoms with van der Waals surface area (Å²) < 4.78 is 0. The van der Waals surface area contributed by atoms with Crippen LogP contribution < -0.4 is 5.32 Å². The van der Waals surface area contributed by atoms with Gasteiger partial charge in [0.1, 0.15) is 0 Å². The highest BCUT2D eigenvalue weighted by Crippen LogP contribution is 2.37. The summed E-state index contributed by atoms with van der Waals surface area (Å²) in [5.41, 5.74) is 6.18. The first-order valence-electron chi connectivity index (χ1n) is 7.97. The lowest BCUT2D eigenvalue weighted by atomic mass is 10.0. The number of hydrogen-bond acceptors (Lipinski definition) is 1. The van der Waals surface area contributed by atoms with Crippen molar-refractivity contribution in [2.24, 2.45) is 5.92 Å². The van der Waals surface area contributed by atoms with Crippen LogP contribution in [0.25, 0.3) is 11.1 Å². The number of carbonyl (C=O) groups excluding carboxylic acids is 1. The van der Waals surface area contributed by atoms with Gasteiger partial charge in [0.25, 0.3) is 0 Å². The maximum absolute atomic E-state index is 12.2. The molecule has 110 valence electrons. The summed E-state index contributed by atoms with van der Waals surface area (Å²) in [6.07, 6.45) is 8.12. The fourth-order valence-electron chi connectivity index (χ4n) is 3.52. The van der Waals surface area contributed by atoms with Crippen molar-refractivity contribution < 1.29 is 4.79 Å². The van der Waals surface area contributed by atoms with E-state index < -0.39 is 0 Å². The number of carbonyl (C=O) groups is 1. The van der Waals surface area contributed by atoms with Crippen molar-refractivity contribution in [3.05, 3.63) is 65.7 Å². The summed E-state index contributed by atoms with van der Waals surface area (Å²) in [6, 6.07) is 14.8. The second-order valence-corrected chi connectivity index (χ2v) is 6.22. The van der Waals surface area contributed by atoms with Crippen LogP contribution in [0.1, 0.15) is 30.4 Å². The molecule has 0 spiro atoms. The Morgan fingerprint density at radius 2 is 1.95 bits per heavy atom. The van der Waals surface area contributed by atoms with Gasteiger partial charge in [-0.2, -0.15) is 0 Å². The lowest BCUT2D eigenvalue weighted by Crippen LogP contribution is -2.14. The number of allylic oxidation sites excluding steroid dienone is 2. The fourth-order valence-corrected chi connectivity index (χ4v) is 3.52. The maximum atomic E-state index is 12.2. The van der Waals surface area contributed by atoms with E-state index in [1.165, 1.54) is 22.3 Å². The second-order valence-electron chi connectivity index (χ2n) is 6.22. The van der Waals surface area contributed by atoms with Crippen LogP contribution in [0.15, 0.2) is 54.6 Å². The predicted octanol–water partition coefficient (Wildman–Crippen LogP) is 4.55. The number of rotatable bonds is 3. The molecule has 0 bridgehead atoms. The Labute approximate surface area is 130 Å². The van der Waals surface area contributed by atoms with E-state index >= 15 is 0 Å². The maximum Gasteiger partial charge on any atom is 0.224 e. The highest BCUT2D eigenvalue weighted by atomic mass is 16.1. The summed E-state index contributed by atoms with van der Waals surface area (Å²) in [5.74, 6) is 0.526. The van der Waals surface area contributed by atoms with Gasteiger partial charge in [0, 0.05) is 12.1 Å². The first kappa shape index (κ1) is 13.3. The van der Waals surface area contributed by atoms with Gasteiger partial charge in [-0.25, -0.2) is 0 Å². The molecule has 2 aliphatic carbocycles. The van der Waals surface area contributed by atoms with Gasteiger partial charge in [-0.05, 0) is 59.6 Å². The topological polar surface area (TPSA) is 29.1 Å². The molecular weight excluding hydrogens is 270 g/mol. The smallest absolute Gasteiger partial charge is 0.224 e. The molecule has 0 aliphatic heterocycles. The van der Waals surface area contributed by atoms with E-state index in [2.05, 4.69) is 53.9 Å². The number of anilines is 1. The van der Waals surface area contributed by atoms with Crippen molar-refractivity contribution in [3.8, 4) is 11.1 Å². The van der Waals surface area contributed by atoms with Crippen LogP contribution in [0, 0.1) is 5.92 Å². The minimum absolute atomic E-state index is 0.114. The van der Waals surface area contributed by atoms with Crippen LogP contribution in [0.3, 0.4) is 0 Å². The average molecular weight is 289 g/mol. The van der Waals surface area contributed by atoms with Gasteiger partial charge in [-0.15, -0.1) is 0 Å². The number of fused-ring (bicyclic) bond motifs is 3. The minimum Gasteiger partial charge on any atom is -0.326 e. The van der Waals surface area contributed by atoms with Crippen LogP contribution >= 0.6 is 0 Å². The van der Waals surface area contributed by atoms with Gasteiger partial charge in [0.05, 0.1) is 0 Å². The monoisotopic (exact) mass is 289 g/mol. The Morgan fingerprint density at radius 1 is 1.09 bits per heavy atom. The molecule has 4 rings (SSSR count). The number of hydrogen-bond donors (Lipinski definition) is 1. The van der Waals surface area contributed by atoms with Crippen LogP contribution in [0.4, 0.5) is 5.69 Å². The third kappa shape index (κ3) is 2.45. The fraction of sp³-hybridized carbons (Fsp3) is 0.250. The molecular formula is C20H19NO. The molecule has 1 atom stereocenters. The summed E-state index contributed by atoms with van der Waals surface area (Å²) in [6.45, 7) is 0. The Bertz CT molecular complexity index is 760. The van der Waals surface area contributed by atoms with Crippen molar-refractivity contribution in [2.45, 2.75) is 25.7 Å². The van der Waals surface area contributed by atoms with E-state index in [0.29, 0.717) is 12.3 Å². The van der Waals surface area contributed by atoms with E-state index in [-0.39, 0.29) is 5.91 Å². The van der Waals surface area contributed by atoms with Crippen LogP contribution in [0.2, 0.25) is 0 Å². The molecule has 1 unspecified atom stereocenters. The van der Waals surface area contributed by atoms with Crippen molar-refractivity contribution in [3.63, 3.8) is 0 Å². The zero-order valence-corrected chi connectivity index (χ0v) is 12.5. The van der Waals surface area contributed by atoms with Gasteiger partial charge < -0.3 is 5.32 Å². The van der Waals surface area contributed by atoms with E-state index in [0.717, 1.165) is 24.9 Å². The van der Waals surface area contributed by atoms with E-state index in [1.54, 1.807) is 0 Å². The van der Waals surface area contributed by atoms with Crippen molar-refractivity contribution in [1.82, 2.24) is 0 Å². The van der Waals surface area contributed by atoms with Crippen molar-refractivity contribution in [1.29, 1.82) is 0 Å². The van der Waals surface area contributed by atoms with Crippen LogP contribution in [-0.2, 0) is 11.2 Å². The van der Waals surface area contributed by atoms with Crippen molar-refractivity contribution >= 4 is 11.6 Å². The normalized spacial score (nSPS) is 18.1. The number of nitrogens with one attached hydrogen (secondary N) is 1. The number of benzene rings is 2. The zero-order valence-electron chi connectivity index (χ0n) is 12.5. The van der Waals surface area contributed by atoms with Gasteiger partial charge in [0.2, 0.25) is 5.91 Å². The van der Waals surface area contributed by atoms with Gasteiger partial charge in [0.15, 0.2) is 0 Å². The summed E-state index contributed by atoms with van der Waals surface area (Å²) in [7, 11) is 0. The largest absolute Gasteiger partial charge is 0.326 e. The Morgan fingerprint density at radius 3 is 2.82 bits per heavy atom. The molecule has 0 saturated heterocycles. The van der Waals surface area contributed by atoms with Gasteiger partial charge >= 0.3 is 0 Å². The molecule has 22 heavy (non-hydrogen) atoms. The molecule has 1 amide bonds. The van der Waals surface area contributed by atoms with Crippen LogP contribution in [-0.4, -0.2) is 5.91 Å². The summed E-state index contributed by atoms with van der Waals surface area (Å²) in [5, 5.41) is 3.06. The third-order valence-corrected chi connectivity index (χ3v) is 4.64. The van der Waals surface area contributed by atoms with Crippen LogP contribution in [0.5, 0.6) is 0 Å².